The summed E-state index contributed by atoms with van der Waals surface area (Å²) in [6.07, 6.45) is 6.44. The highest BCUT2D eigenvalue weighted by molar-refractivity contribution is 6.05. The van der Waals surface area contributed by atoms with Crippen molar-refractivity contribution in [2.75, 3.05) is 25.5 Å². The Kier molecular flexibility index (Phi) is 8.05. The lowest BCUT2D eigenvalue weighted by Crippen LogP contribution is -2.51. The van der Waals surface area contributed by atoms with Crippen LogP contribution in [0.2, 0.25) is 0 Å². The fraction of sp³-hybridized carbons (Fsp3) is 0.455. The van der Waals surface area contributed by atoms with Gasteiger partial charge in [0.05, 0.1) is 25.8 Å². The van der Waals surface area contributed by atoms with Crippen LogP contribution in [0, 0.1) is 5.92 Å². The highest BCUT2D eigenvalue weighted by Crippen LogP contribution is 2.41. The molecule has 2 aliphatic carbocycles. The molecule has 1 saturated heterocycles. The predicted molar refractivity (Wildman–Crippen MR) is 162 cm³/mol. The van der Waals surface area contributed by atoms with Gasteiger partial charge in [0.2, 0.25) is 0 Å². The number of anilines is 1. The van der Waals surface area contributed by atoms with E-state index in [0.717, 1.165) is 24.1 Å². The number of hydrogen-bond donors (Lipinski definition) is 2. The number of likely N-dealkylation sites (tertiary alicyclic amines) is 1. The number of aryl methyl sites for hydroxylation is 1. The topological polar surface area (TPSA) is 106 Å². The summed E-state index contributed by atoms with van der Waals surface area (Å²) >= 11 is 0. The maximum atomic E-state index is 13.6. The summed E-state index contributed by atoms with van der Waals surface area (Å²) in [7, 11) is 3.17. The number of benzene rings is 1. The van der Waals surface area contributed by atoms with Gasteiger partial charge in [0, 0.05) is 37.4 Å². The monoisotopic (exact) mass is 587 g/mol. The van der Waals surface area contributed by atoms with Crippen LogP contribution in [0.4, 0.5) is 10.2 Å². The molecule has 3 aromatic rings. The van der Waals surface area contributed by atoms with Crippen LogP contribution in [0.15, 0.2) is 47.4 Å². The van der Waals surface area contributed by atoms with Gasteiger partial charge in [-0.2, -0.15) is 0 Å². The quantitative estimate of drug-likeness (QED) is 0.358. The third-order valence-corrected chi connectivity index (χ3v) is 8.94. The third kappa shape index (κ3) is 6.20. The molecule has 0 unspecified atom stereocenters. The van der Waals surface area contributed by atoms with Crippen LogP contribution in [0.1, 0.15) is 76.9 Å². The Morgan fingerprint density at radius 1 is 1.09 bits per heavy atom. The van der Waals surface area contributed by atoms with Gasteiger partial charge < -0.3 is 24.8 Å². The van der Waals surface area contributed by atoms with Crippen LogP contribution in [0.5, 0.6) is 5.75 Å². The summed E-state index contributed by atoms with van der Waals surface area (Å²) in [5.74, 6) is 0.926. The van der Waals surface area contributed by atoms with E-state index in [4.69, 9.17) is 9.72 Å². The molecule has 3 fully saturated rings. The molecule has 2 saturated carbocycles. The molecule has 10 heteroatoms. The first-order valence-corrected chi connectivity index (χ1v) is 15.1. The van der Waals surface area contributed by atoms with Crippen molar-refractivity contribution in [3.8, 4) is 16.9 Å². The van der Waals surface area contributed by atoms with Crippen molar-refractivity contribution < 1.29 is 18.7 Å². The number of hydrogen-bond acceptors (Lipinski definition) is 6. The van der Waals surface area contributed by atoms with Gasteiger partial charge in [-0.15, -0.1) is 0 Å². The number of ether oxygens (including phenoxy) is 1. The van der Waals surface area contributed by atoms with E-state index in [-0.39, 0.29) is 30.5 Å². The first-order chi connectivity index (χ1) is 20.7. The van der Waals surface area contributed by atoms with Crippen LogP contribution >= 0.6 is 0 Å². The molecule has 6 rings (SSSR count). The molecule has 0 spiro atoms. The highest BCUT2D eigenvalue weighted by Gasteiger charge is 2.33. The SMILES string of the molecule is COc1ccc(-c2cc(NC(=O)c3cc(CN[C@@H](C)C4CCC4)cn(C)c3=O)nc(C3CC3)c2)c(C(=O)N2CC(F)C2)c1. The number of nitrogens with zero attached hydrogens (tertiary/aromatic N) is 3. The second-order valence-electron chi connectivity index (χ2n) is 12.2. The minimum Gasteiger partial charge on any atom is -0.497 e. The number of nitrogens with one attached hydrogen (secondary N) is 2. The number of carbonyl (C=O) groups excluding carboxylic acids is 2. The number of rotatable bonds is 10. The summed E-state index contributed by atoms with van der Waals surface area (Å²) in [5.41, 5.74) is 3.03. The summed E-state index contributed by atoms with van der Waals surface area (Å²) in [6, 6.07) is 10.9. The molecular formula is C33H38FN5O4. The van der Waals surface area contributed by atoms with Crippen molar-refractivity contribution in [3.05, 3.63) is 75.3 Å². The first-order valence-electron chi connectivity index (χ1n) is 15.1. The molecule has 3 aliphatic rings. The second-order valence-corrected chi connectivity index (χ2v) is 12.2. The second kappa shape index (κ2) is 11.9. The molecule has 9 nitrogen and oxygen atoms in total. The molecular weight excluding hydrogens is 549 g/mol. The highest BCUT2D eigenvalue weighted by atomic mass is 19.1. The van der Waals surface area contributed by atoms with Crippen molar-refractivity contribution in [3.63, 3.8) is 0 Å². The predicted octanol–water partition coefficient (Wildman–Crippen LogP) is 4.66. The van der Waals surface area contributed by atoms with Crippen LogP contribution in [-0.4, -0.2) is 58.7 Å². The zero-order valence-corrected chi connectivity index (χ0v) is 24.9. The molecule has 3 heterocycles. The van der Waals surface area contributed by atoms with Gasteiger partial charge in [0.15, 0.2) is 0 Å². The number of halogens is 1. The third-order valence-electron chi connectivity index (χ3n) is 8.94. The average Bonchev–Trinajstić information content (AvgIpc) is 3.80. The van der Waals surface area contributed by atoms with E-state index in [2.05, 4.69) is 17.6 Å². The Hall–Kier alpha value is -4.05. The van der Waals surface area contributed by atoms with E-state index >= 15 is 0 Å². The first kappa shape index (κ1) is 29.0. The van der Waals surface area contributed by atoms with Crippen molar-refractivity contribution in [1.82, 2.24) is 19.8 Å². The Bertz CT molecular complexity index is 1610. The van der Waals surface area contributed by atoms with E-state index in [0.29, 0.717) is 46.8 Å². The fourth-order valence-electron chi connectivity index (χ4n) is 5.81. The Labute approximate surface area is 250 Å². The molecule has 1 aromatic carbocycles. The summed E-state index contributed by atoms with van der Waals surface area (Å²) < 4.78 is 20.4. The number of carbonyl (C=O) groups is 2. The largest absolute Gasteiger partial charge is 0.497 e. The van der Waals surface area contributed by atoms with Crippen molar-refractivity contribution >= 4 is 17.6 Å². The Morgan fingerprint density at radius 2 is 1.86 bits per heavy atom. The molecule has 2 aromatic heterocycles. The van der Waals surface area contributed by atoms with Gasteiger partial charge in [-0.1, -0.05) is 6.42 Å². The number of amides is 2. The average molecular weight is 588 g/mol. The van der Waals surface area contributed by atoms with E-state index in [9.17, 15) is 18.8 Å². The zero-order valence-electron chi connectivity index (χ0n) is 24.9. The van der Waals surface area contributed by atoms with Gasteiger partial charge >= 0.3 is 0 Å². The summed E-state index contributed by atoms with van der Waals surface area (Å²) in [4.78, 5) is 46.1. The molecule has 2 amide bonds. The minimum absolute atomic E-state index is 0.0390. The molecule has 0 radical (unpaired) electrons. The number of alkyl halides is 1. The van der Waals surface area contributed by atoms with Gasteiger partial charge in [-0.05, 0) is 91.6 Å². The number of aromatic nitrogens is 2. The van der Waals surface area contributed by atoms with Crippen LogP contribution in [-0.2, 0) is 13.6 Å². The lowest BCUT2D eigenvalue weighted by Gasteiger charge is -2.34. The number of methoxy groups -OCH3 is 1. The van der Waals surface area contributed by atoms with Crippen molar-refractivity contribution in [2.45, 2.75) is 63.7 Å². The van der Waals surface area contributed by atoms with E-state index in [1.807, 2.05) is 6.07 Å². The number of pyridine rings is 2. The van der Waals surface area contributed by atoms with Crippen molar-refractivity contribution in [2.24, 2.45) is 13.0 Å². The maximum absolute atomic E-state index is 13.6. The van der Waals surface area contributed by atoms with E-state index < -0.39 is 17.6 Å². The van der Waals surface area contributed by atoms with Gasteiger partial charge in [0.1, 0.15) is 23.3 Å². The van der Waals surface area contributed by atoms with Gasteiger partial charge in [-0.3, -0.25) is 14.4 Å². The molecule has 2 N–H and O–H groups in total. The fourth-order valence-corrected chi connectivity index (χ4v) is 5.81. The molecule has 1 atom stereocenters. The lowest BCUT2D eigenvalue weighted by molar-refractivity contribution is 0.0400. The maximum Gasteiger partial charge on any atom is 0.263 e. The smallest absolute Gasteiger partial charge is 0.263 e. The van der Waals surface area contributed by atoms with Crippen LogP contribution in [0.3, 0.4) is 0 Å². The van der Waals surface area contributed by atoms with Crippen molar-refractivity contribution in [1.29, 1.82) is 0 Å². The Morgan fingerprint density at radius 3 is 2.51 bits per heavy atom. The normalized spacial score (nSPS) is 17.6. The molecule has 0 bridgehead atoms. The summed E-state index contributed by atoms with van der Waals surface area (Å²) in [6.45, 7) is 2.85. The minimum atomic E-state index is -1.02. The van der Waals surface area contributed by atoms with Crippen LogP contribution < -0.4 is 20.9 Å². The Balaban J connectivity index is 1.29. The van der Waals surface area contributed by atoms with E-state index in [1.165, 1.54) is 35.8 Å². The standard InChI is InChI=1S/C33H38FN5O4/c1-19(21-5-4-6-21)35-15-20-11-28(32(41)38(2)16-20)31(40)37-30-13-23(12-29(36-30)22-7-8-22)26-10-9-25(43-3)14-27(26)33(42)39-17-24(34)18-39/h9-14,16,19,21-22,24,35H,4-8,15,17-18H2,1-3H3,(H,36,37,40)/t19-/m0/s1. The van der Waals surface area contributed by atoms with E-state index in [1.54, 1.807) is 43.6 Å². The van der Waals surface area contributed by atoms with Gasteiger partial charge in [-0.25, -0.2) is 9.37 Å². The molecule has 1 aliphatic heterocycles. The van der Waals surface area contributed by atoms with Gasteiger partial charge in [0.25, 0.3) is 17.4 Å². The van der Waals surface area contributed by atoms with Crippen LogP contribution in [0.25, 0.3) is 11.1 Å². The lowest BCUT2D eigenvalue weighted by atomic mass is 9.80. The zero-order chi connectivity index (χ0) is 30.2. The summed E-state index contributed by atoms with van der Waals surface area (Å²) in [5, 5.41) is 6.39. The molecule has 43 heavy (non-hydrogen) atoms. The molecule has 226 valence electrons.